The maximum absolute atomic E-state index is 6.63. The second kappa shape index (κ2) is 7.21. The van der Waals surface area contributed by atoms with Gasteiger partial charge in [0.25, 0.3) is 0 Å². The van der Waals surface area contributed by atoms with Crippen LogP contribution < -0.4 is 0 Å². The van der Waals surface area contributed by atoms with Crippen molar-refractivity contribution >= 4 is 54.8 Å². The van der Waals surface area contributed by atoms with Gasteiger partial charge in [-0.25, -0.2) is 9.97 Å². The zero-order valence-corrected chi connectivity index (χ0v) is 18.8. The average Bonchev–Trinajstić information content (AvgIpc) is 3.31. The number of thiophene rings is 1. The average molecular weight is 435 g/mol. The number of hydrogen-bond donors (Lipinski definition) is 0. The fraction of sp³-hybridized carbons (Fsp3) is 0.167. The maximum atomic E-state index is 6.63. The summed E-state index contributed by atoms with van der Waals surface area (Å²) in [6, 6.07) is 18.8. The lowest BCUT2D eigenvalue weighted by atomic mass is 10.0. The van der Waals surface area contributed by atoms with E-state index in [1.54, 1.807) is 22.7 Å². The van der Waals surface area contributed by atoms with E-state index in [1.807, 2.05) is 18.2 Å². The van der Waals surface area contributed by atoms with Crippen LogP contribution in [0.2, 0.25) is 5.02 Å². The van der Waals surface area contributed by atoms with E-state index in [0.717, 1.165) is 47.3 Å². The van der Waals surface area contributed by atoms with Gasteiger partial charge in [0.1, 0.15) is 20.2 Å². The molecule has 0 amide bonds. The zero-order valence-electron chi connectivity index (χ0n) is 16.4. The van der Waals surface area contributed by atoms with Gasteiger partial charge in [-0.3, -0.25) is 0 Å². The van der Waals surface area contributed by atoms with Crippen LogP contribution in [0.4, 0.5) is 0 Å². The van der Waals surface area contributed by atoms with Crippen LogP contribution >= 0.6 is 34.3 Å². The monoisotopic (exact) mass is 434 g/mol. The van der Waals surface area contributed by atoms with Crippen molar-refractivity contribution in [3.8, 4) is 21.7 Å². The van der Waals surface area contributed by atoms with E-state index in [1.165, 1.54) is 10.4 Å². The van der Waals surface area contributed by atoms with E-state index in [0.29, 0.717) is 5.92 Å². The standard InChI is InChI=1S/C24H19ClN2S2/c1-13(2)19-12-17-20(16-6-4-5-7-18(16)25)21-24(27-23(17)28-19)29-22(26-21)15-10-8-14(3)9-11-15/h4-13H,1-3H3. The number of aryl methyl sites for hydroxylation is 1. The molecule has 0 saturated heterocycles. The Hall–Kier alpha value is -2.27. The van der Waals surface area contributed by atoms with E-state index in [9.17, 15) is 0 Å². The van der Waals surface area contributed by atoms with E-state index in [2.05, 4.69) is 57.2 Å². The van der Waals surface area contributed by atoms with Crippen LogP contribution in [-0.2, 0) is 0 Å². The Kier molecular flexibility index (Phi) is 4.66. The molecule has 0 bridgehead atoms. The number of benzene rings is 2. The number of aromatic nitrogens is 2. The third-order valence-corrected chi connectivity index (χ3v) is 7.72. The molecule has 0 spiro atoms. The molecule has 0 atom stereocenters. The summed E-state index contributed by atoms with van der Waals surface area (Å²) in [5.74, 6) is 0.461. The molecular weight excluding hydrogens is 416 g/mol. The molecule has 0 aliphatic carbocycles. The molecule has 5 rings (SSSR count). The molecule has 5 aromatic rings. The highest BCUT2D eigenvalue weighted by atomic mass is 35.5. The third-order valence-electron chi connectivity index (χ3n) is 5.06. The molecule has 0 aliphatic rings. The lowest BCUT2D eigenvalue weighted by molar-refractivity contribution is 0.890. The summed E-state index contributed by atoms with van der Waals surface area (Å²) in [6.45, 7) is 6.53. The van der Waals surface area contributed by atoms with Crippen LogP contribution in [-0.4, -0.2) is 9.97 Å². The summed E-state index contributed by atoms with van der Waals surface area (Å²) in [4.78, 5) is 13.4. The first kappa shape index (κ1) is 18.7. The van der Waals surface area contributed by atoms with Crippen LogP contribution in [0.15, 0.2) is 54.6 Å². The van der Waals surface area contributed by atoms with Gasteiger partial charge in [0, 0.05) is 32.0 Å². The van der Waals surface area contributed by atoms with Crippen LogP contribution in [0.1, 0.15) is 30.2 Å². The molecule has 0 saturated carbocycles. The number of rotatable bonds is 3. The van der Waals surface area contributed by atoms with Gasteiger partial charge in [0.15, 0.2) is 0 Å². The molecule has 2 aromatic carbocycles. The van der Waals surface area contributed by atoms with Crippen LogP contribution in [0.5, 0.6) is 0 Å². The van der Waals surface area contributed by atoms with Gasteiger partial charge >= 0.3 is 0 Å². The molecule has 144 valence electrons. The van der Waals surface area contributed by atoms with Gasteiger partial charge in [0.2, 0.25) is 0 Å². The smallest absolute Gasteiger partial charge is 0.146 e. The van der Waals surface area contributed by atoms with Crippen molar-refractivity contribution in [2.24, 2.45) is 0 Å². The van der Waals surface area contributed by atoms with Gasteiger partial charge in [-0.2, -0.15) is 0 Å². The minimum absolute atomic E-state index is 0.461. The van der Waals surface area contributed by atoms with Gasteiger partial charge in [-0.15, -0.1) is 11.3 Å². The fourth-order valence-electron chi connectivity index (χ4n) is 3.47. The lowest BCUT2D eigenvalue weighted by Gasteiger charge is -2.07. The van der Waals surface area contributed by atoms with E-state index < -0.39 is 0 Å². The Bertz CT molecular complexity index is 1350. The highest BCUT2D eigenvalue weighted by Crippen LogP contribution is 2.44. The predicted molar refractivity (Wildman–Crippen MR) is 128 cm³/mol. The Labute approximate surface area is 182 Å². The van der Waals surface area contributed by atoms with Gasteiger partial charge in [0.05, 0.1) is 0 Å². The summed E-state index contributed by atoms with van der Waals surface area (Å²) < 4.78 is 0. The van der Waals surface area contributed by atoms with E-state index >= 15 is 0 Å². The minimum Gasteiger partial charge on any atom is -0.234 e. The Morgan fingerprint density at radius 3 is 2.38 bits per heavy atom. The van der Waals surface area contributed by atoms with Crippen molar-refractivity contribution < 1.29 is 0 Å². The SMILES string of the molecule is Cc1ccc(-c2nc3c(-c4ccccc4Cl)c4cc(C(C)C)sc4nc3s2)cc1. The molecule has 3 aromatic heterocycles. The normalized spacial score (nSPS) is 11.8. The molecule has 0 fully saturated rings. The van der Waals surface area contributed by atoms with Crippen molar-refractivity contribution in [2.75, 3.05) is 0 Å². The molecule has 2 nitrogen and oxygen atoms in total. The van der Waals surface area contributed by atoms with E-state index in [4.69, 9.17) is 21.6 Å². The Morgan fingerprint density at radius 2 is 1.66 bits per heavy atom. The number of pyridine rings is 1. The fourth-order valence-corrected chi connectivity index (χ4v) is 5.76. The molecular formula is C24H19ClN2S2. The molecule has 5 heteroatoms. The molecule has 3 heterocycles. The number of nitrogens with zero attached hydrogens (tertiary/aromatic N) is 2. The van der Waals surface area contributed by atoms with Crippen molar-refractivity contribution in [3.05, 3.63) is 70.1 Å². The second-order valence-electron chi connectivity index (χ2n) is 7.53. The van der Waals surface area contributed by atoms with Crippen molar-refractivity contribution in [3.63, 3.8) is 0 Å². The Balaban J connectivity index is 1.84. The van der Waals surface area contributed by atoms with Gasteiger partial charge < -0.3 is 0 Å². The third kappa shape index (κ3) is 3.25. The maximum Gasteiger partial charge on any atom is 0.146 e. The van der Waals surface area contributed by atoms with Crippen LogP contribution in [0.3, 0.4) is 0 Å². The largest absolute Gasteiger partial charge is 0.234 e. The molecule has 29 heavy (non-hydrogen) atoms. The van der Waals surface area contributed by atoms with Crippen molar-refractivity contribution in [2.45, 2.75) is 26.7 Å². The summed E-state index contributed by atoms with van der Waals surface area (Å²) in [7, 11) is 0. The highest BCUT2D eigenvalue weighted by molar-refractivity contribution is 7.22. The molecule has 0 unspecified atom stereocenters. The number of hydrogen-bond acceptors (Lipinski definition) is 4. The molecule has 0 N–H and O–H groups in total. The Morgan fingerprint density at radius 1 is 0.897 bits per heavy atom. The summed E-state index contributed by atoms with van der Waals surface area (Å²) in [5.41, 5.74) is 5.40. The number of halogens is 1. The first-order chi connectivity index (χ1) is 14.0. The number of thiazole rings is 1. The molecule has 0 aliphatic heterocycles. The minimum atomic E-state index is 0.461. The molecule has 0 radical (unpaired) electrons. The van der Waals surface area contributed by atoms with Gasteiger partial charge in [-0.1, -0.05) is 84.8 Å². The second-order valence-corrected chi connectivity index (χ2v) is 9.97. The quantitative estimate of drug-likeness (QED) is 0.285. The number of fused-ring (bicyclic) bond motifs is 2. The van der Waals surface area contributed by atoms with E-state index in [-0.39, 0.29) is 0 Å². The van der Waals surface area contributed by atoms with Crippen LogP contribution in [0.25, 0.3) is 42.3 Å². The van der Waals surface area contributed by atoms with Crippen molar-refractivity contribution in [1.82, 2.24) is 9.97 Å². The van der Waals surface area contributed by atoms with Crippen LogP contribution in [0, 0.1) is 6.92 Å². The zero-order chi connectivity index (χ0) is 20.1. The summed E-state index contributed by atoms with van der Waals surface area (Å²) >= 11 is 10.0. The highest BCUT2D eigenvalue weighted by Gasteiger charge is 2.20. The topological polar surface area (TPSA) is 25.8 Å². The first-order valence-corrected chi connectivity index (χ1v) is 11.6. The lowest BCUT2D eigenvalue weighted by Crippen LogP contribution is -1.86. The first-order valence-electron chi connectivity index (χ1n) is 9.57. The predicted octanol–water partition coefficient (Wildman–Crippen LogP) is 8.33. The summed E-state index contributed by atoms with van der Waals surface area (Å²) in [6.07, 6.45) is 0. The van der Waals surface area contributed by atoms with Crippen molar-refractivity contribution in [1.29, 1.82) is 0 Å². The summed E-state index contributed by atoms with van der Waals surface area (Å²) in [5, 5.41) is 2.87. The van der Waals surface area contributed by atoms with Gasteiger partial charge in [-0.05, 0) is 25.0 Å².